The Kier molecular flexibility index (Phi) is 3.54. The molecule has 0 atom stereocenters. The number of para-hydroxylation sites is 1. The zero-order valence-corrected chi connectivity index (χ0v) is 10.9. The summed E-state index contributed by atoms with van der Waals surface area (Å²) in [5, 5.41) is 2.81. The minimum absolute atomic E-state index is 0.208. The van der Waals surface area contributed by atoms with Gasteiger partial charge in [-0.05, 0) is 52.7 Å². The molecule has 0 bridgehead atoms. The van der Waals surface area contributed by atoms with Crippen LogP contribution in [-0.4, -0.2) is 10.9 Å². The standard InChI is InChI=1S/C13H11BrN2O/c1-9-6-7-15-12(8-9)13(17)16-11-5-3-2-4-10(11)14/h2-8H,1H3,(H,16,17). The van der Waals surface area contributed by atoms with E-state index in [9.17, 15) is 4.79 Å². The summed E-state index contributed by atoms with van der Waals surface area (Å²) < 4.78 is 0.848. The summed E-state index contributed by atoms with van der Waals surface area (Å²) in [6, 6.07) is 11.1. The molecule has 2 aromatic rings. The largest absolute Gasteiger partial charge is 0.320 e. The lowest BCUT2D eigenvalue weighted by Gasteiger charge is -2.06. The number of hydrogen-bond acceptors (Lipinski definition) is 2. The molecule has 1 aromatic heterocycles. The van der Waals surface area contributed by atoms with Crippen LogP contribution < -0.4 is 5.32 Å². The fourth-order valence-electron chi connectivity index (χ4n) is 1.41. The van der Waals surface area contributed by atoms with Crippen molar-refractivity contribution in [1.29, 1.82) is 0 Å². The first-order valence-electron chi connectivity index (χ1n) is 5.15. The van der Waals surface area contributed by atoms with Gasteiger partial charge in [0, 0.05) is 10.7 Å². The number of amides is 1. The van der Waals surface area contributed by atoms with E-state index in [1.807, 2.05) is 37.3 Å². The second-order valence-electron chi connectivity index (χ2n) is 3.65. The van der Waals surface area contributed by atoms with Crippen LogP contribution in [0.4, 0.5) is 5.69 Å². The van der Waals surface area contributed by atoms with Crippen molar-refractivity contribution in [2.75, 3.05) is 5.32 Å². The van der Waals surface area contributed by atoms with Gasteiger partial charge in [-0.1, -0.05) is 12.1 Å². The zero-order valence-electron chi connectivity index (χ0n) is 9.27. The second kappa shape index (κ2) is 5.10. The molecule has 3 nitrogen and oxygen atoms in total. The van der Waals surface area contributed by atoms with Crippen LogP contribution in [0.2, 0.25) is 0 Å². The molecule has 2 rings (SSSR count). The Labute approximate surface area is 108 Å². The number of rotatable bonds is 2. The van der Waals surface area contributed by atoms with Crippen LogP contribution in [0.25, 0.3) is 0 Å². The van der Waals surface area contributed by atoms with Gasteiger partial charge >= 0.3 is 0 Å². The molecule has 0 radical (unpaired) electrons. The van der Waals surface area contributed by atoms with Crippen LogP contribution >= 0.6 is 15.9 Å². The second-order valence-corrected chi connectivity index (χ2v) is 4.51. The fourth-order valence-corrected chi connectivity index (χ4v) is 1.79. The average Bonchev–Trinajstić information content (AvgIpc) is 2.32. The van der Waals surface area contributed by atoms with Crippen LogP contribution in [0.5, 0.6) is 0 Å². The predicted molar refractivity (Wildman–Crippen MR) is 71.1 cm³/mol. The van der Waals surface area contributed by atoms with Gasteiger partial charge in [-0.15, -0.1) is 0 Å². The fraction of sp³-hybridized carbons (Fsp3) is 0.0769. The SMILES string of the molecule is Cc1ccnc(C(=O)Nc2ccccc2Br)c1. The van der Waals surface area contributed by atoms with Gasteiger partial charge in [-0.25, -0.2) is 0 Å². The molecule has 0 spiro atoms. The highest BCUT2D eigenvalue weighted by molar-refractivity contribution is 9.10. The van der Waals surface area contributed by atoms with Crippen LogP contribution in [0, 0.1) is 6.92 Å². The summed E-state index contributed by atoms with van der Waals surface area (Å²) in [7, 11) is 0. The molecule has 0 aliphatic heterocycles. The maximum Gasteiger partial charge on any atom is 0.274 e. The topological polar surface area (TPSA) is 42.0 Å². The summed E-state index contributed by atoms with van der Waals surface area (Å²) >= 11 is 3.38. The van der Waals surface area contributed by atoms with E-state index in [0.717, 1.165) is 15.7 Å². The van der Waals surface area contributed by atoms with Crippen molar-refractivity contribution >= 4 is 27.5 Å². The molecule has 0 aliphatic rings. The molecular formula is C13H11BrN2O. The first-order chi connectivity index (χ1) is 8.16. The number of hydrogen-bond donors (Lipinski definition) is 1. The first kappa shape index (κ1) is 11.8. The van der Waals surface area contributed by atoms with E-state index in [4.69, 9.17) is 0 Å². The Balaban J connectivity index is 2.20. The summed E-state index contributed by atoms with van der Waals surface area (Å²) in [5.41, 5.74) is 2.17. The lowest BCUT2D eigenvalue weighted by atomic mass is 10.2. The highest BCUT2D eigenvalue weighted by Gasteiger charge is 2.08. The Hall–Kier alpha value is -1.68. The molecule has 0 saturated heterocycles. The molecule has 0 saturated carbocycles. The van der Waals surface area contributed by atoms with E-state index in [0.29, 0.717) is 5.69 Å². The molecule has 1 N–H and O–H groups in total. The van der Waals surface area contributed by atoms with Gasteiger partial charge in [0.1, 0.15) is 5.69 Å². The van der Waals surface area contributed by atoms with Gasteiger partial charge < -0.3 is 5.32 Å². The van der Waals surface area contributed by atoms with E-state index >= 15 is 0 Å². The van der Waals surface area contributed by atoms with E-state index in [2.05, 4.69) is 26.2 Å². The van der Waals surface area contributed by atoms with Crippen LogP contribution in [-0.2, 0) is 0 Å². The zero-order chi connectivity index (χ0) is 12.3. The first-order valence-corrected chi connectivity index (χ1v) is 5.94. The summed E-state index contributed by atoms with van der Waals surface area (Å²) in [4.78, 5) is 16.0. The van der Waals surface area contributed by atoms with Crippen LogP contribution in [0.1, 0.15) is 16.1 Å². The molecule has 0 fully saturated rings. The number of anilines is 1. The molecule has 4 heteroatoms. The highest BCUT2D eigenvalue weighted by atomic mass is 79.9. The molecule has 1 aromatic carbocycles. The monoisotopic (exact) mass is 290 g/mol. The predicted octanol–water partition coefficient (Wildman–Crippen LogP) is 3.40. The maximum absolute atomic E-state index is 11.9. The smallest absolute Gasteiger partial charge is 0.274 e. The van der Waals surface area contributed by atoms with Gasteiger partial charge in [0.25, 0.3) is 5.91 Å². The van der Waals surface area contributed by atoms with E-state index in [1.54, 1.807) is 12.3 Å². The number of aryl methyl sites for hydroxylation is 1. The minimum atomic E-state index is -0.208. The van der Waals surface area contributed by atoms with Gasteiger partial charge in [0.15, 0.2) is 0 Å². The van der Waals surface area contributed by atoms with Crippen molar-refractivity contribution < 1.29 is 4.79 Å². The number of carbonyl (C=O) groups excluding carboxylic acids is 1. The molecular weight excluding hydrogens is 280 g/mol. The minimum Gasteiger partial charge on any atom is -0.320 e. The van der Waals surface area contributed by atoms with E-state index in [-0.39, 0.29) is 5.91 Å². The third-order valence-electron chi connectivity index (χ3n) is 2.27. The van der Waals surface area contributed by atoms with Crippen molar-refractivity contribution in [2.45, 2.75) is 6.92 Å². The number of halogens is 1. The van der Waals surface area contributed by atoms with E-state index in [1.165, 1.54) is 0 Å². The van der Waals surface area contributed by atoms with Crippen LogP contribution in [0.15, 0.2) is 47.1 Å². The van der Waals surface area contributed by atoms with Crippen molar-refractivity contribution in [3.05, 3.63) is 58.3 Å². The van der Waals surface area contributed by atoms with Crippen molar-refractivity contribution in [3.63, 3.8) is 0 Å². The Morgan fingerprint density at radius 2 is 2.06 bits per heavy atom. The number of carbonyl (C=O) groups is 1. The Morgan fingerprint density at radius 3 is 2.76 bits per heavy atom. The molecule has 86 valence electrons. The number of nitrogens with one attached hydrogen (secondary N) is 1. The summed E-state index contributed by atoms with van der Waals surface area (Å²) in [6.45, 7) is 1.93. The number of aromatic nitrogens is 1. The molecule has 17 heavy (non-hydrogen) atoms. The average molecular weight is 291 g/mol. The van der Waals surface area contributed by atoms with Crippen LogP contribution in [0.3, 0.4) is 0 Å². The summed E-state index contributed by atoms with van der Waals surface area (Å²) in [5.74, 6) is -0.208. The molecule has 0 aliphatic carbocycles. The quantitative estimate of drug-likeness (QED) is 0.921. The number of pyridine rings is 1. The highest BCUT2D eigenvalue weighted by Crippen LogP contribution is 2.21. The molecule has 1 amide bonds. The normalized spacial score (nSPS) is 10.0. The molecule has 1 heterocycles. The Bertz CT molecular complexity index is 555. The van der Waals surface area contributed by atoms with Crippen molar-refractivity contribution in [2.24, 2.45) is 0 Å². The van der Waals surface area contributed by atoms with Gasteiger partial charge in [0.05, 0.1) is 5.69 Å². The molecule has 0 unspecified atom stereocenters. The van der Waals surface area contributed by atoms with Gasteiger partial charge in [0.2, 0.25) is 0 Å². The van der Waals surface area contributed by atoms with Crippen molar-refractivity contribution in [3.8, 4) is 0 Å². The van der Waals surface area contributed by atoms with Gasteiger partial charge in [-0.2, -0.15) is 0 Å². The third-order valence-corrected chi connectivity index (χ3v) is 2.96. The Morgan fingerprint density at radius 1 is 1.29 bits per heavy atom. The van der Waals surface area contributed by atoms with Crippen molar-refractivity contribution in [1.82, 2.24) is 4.98 Å². The van der Waals surface area contributed by atoms with E-state index < -0.39 is 0 Å². The lowest BCUT2D eigenvalue weighted by molar-refractivity contribution is 0.102. The maximum atomic E-state index is 11.9. The van der Waals surface area contributed by atoms with Gasteiger partial charge in [-0.3, -0.25) is 9.78 Å². The number of benzene rings is 1. The number of nitrogens with zero attached hydrogens (tertiary/aromatic N) is 1. The lowest BCUT2D eigenvalue weighted by Crippen LogP contribution is -2.13. The summed E-state index contributed by atoms with van der Waals surface area (Å²) in [6.07, 6.45) is 1.63. The third kappa shape index (κ3) is 2.91.